The van der Waals surface area contributed by atoms with Crippen molar-refractivity contribution in [3.05, 3.63) is 77.2 Å². The molecule has 2 unspecified atom stereocenters. The number of nitrogens with one attached hydrogen (secondary N) is 2. The number of hydrogen-bond donors (Lipinski definition) is 4. The maximum Gasteiger partial charge on any atom is 0.225 e. The number of aliphatic hydroxyl groups excluding tert-OH is 1. The number of amides is 2. The highest BCUT2D eigenvalue weighted by atomic mass is 32.2. The molecule has 0 saturated heterocycles. The standard InChI is InChI=1S/C26H30F2N3O5S/c1-2-18-5-3-6-19(11-18)16-30-17-24(32)23(14-20-12-21(27)15-22(28)13-20)31-26(34)8-10-37(35,36)9-4-7-25(29)33/h1,3,5-6,8,11-13,15,23-24,30,32H,4,7,9-10,14,16-17H2,(H2,29,33)(H,31,34). The second-order valence-corrected chi connectivity index (χ2v) is 10.8. The molecule has 2 atom stereocenters. The molecule has 0 bridgehead atoms. The molecule has 0 aliphatic rings. The lowest BCUT2D eigenvalue weighted by molar-refractivity contribution is -0.119. The first kappa shape index (κ1) is 29.9. The lowest BCUT2D eigenvalue weighted by Gasteiger charge is -2.25. The highest BCUT2D eigenvalue weighted by Crippen LogP contribution is 2.13. The number of halogens is 2. The zero-order chi connectivity index (χ0) is 27.4. The van der Waals surface area contributed by atoms with Gasteiger partial charge in [0.15, 0.2) is 9.84 Å². The molecule has 0 saturated carbocycles. The van der Waals surface area contributed by atoms with Gasteiger partial charge in [-0.2, -0.15) is 0 Å². The quantitative estimate of drug-likeness (QED) is 0.252. The average Bonchev–Trinajstić information content (AvgIpc) is 2.81. The summed E-state index contributed by atoms with van der Waals surface area (Å²) in [6.07, 6.45) is 4.95. The van der Waals surface area contributed by atoms with E-state index in [0.29, 0.717) is 18.2 Å². The molecule has 11 heteroatoms. The maximum atomic E-state index is 13.7. The molecule has 0 aliphatic carbocycles. The molecule has 8 nitrogen and oxygen atoms in total. The van der Waals surface area contributed by atoms with E-state index >= 15 is 0 Å². The van der Waals surface area contributed by atoms with E-state index in [0.717, 1.165) is 24.1 Å². The van der Waals surface area contributed by atoms with Crippen molar-refractivity contribution >= 4 is 21.7 Å². The molecule has 0 heterocycles. The van der Waals surface area contributed by atoms with Crippen LogP contribution >= 0.6 is 0 Å². The molecule has 2 rings (SSSR count). The second-order valence-electron chi connectivity index (χ2n) is 8.53. The molecule has 2 aromatic rings. The minimum absolute atomic E-state index is 0.00837. The minimum atomic E-state index is -3.66. The highest BCUT2D eigenvalue weighted by Gasteiger charge is 2.23. The number of primary amides is 1. The van der Waals surface area contributed by atoms with Crippen LogP contribution in [0, 0.1) is 30.4 Å². The Bertz CT molecular complexity index is 1210. The van der Waals surface area contributed by atoms with Gasteiger partial charge >= 0.3 is 0 Å². The zero-order valence-corrected chi connectivity index (χ0v) is 20.9. The van der Waals surface area contributed by atoms with Crippen LogP contribution < -0.4 is 16.4 Å². The molecule has 5 N–H and O–H groups in total. The van der Waals surface area contributed by atoms with Crippen molar-refractivity contribution in [2.45, 2.75) is 38.0 Å². The summed E-state index contributed by atoms with van der Waals surface area (Å²) in [5, 5.41) is 16.3. The number of benzene rings is 2. The summed E-state index contributed by atoms with van der Waals surface area (Å²) >= 11 is 0. The Balaban J connectivity index is 2.02. The van der Waals surface area contributed by atoms with Crippen LogP contribution in [0.25, 0.3) is 0 Å². The third-order valence-electron chi connectivity index (χ3n) is 5.35. The van der Waals surface area contributed by atoms with Crippen LogP contribution in [-0.4, -0.2) is 55.5 Å². The van der Waals surface area contributed by atoms with Gasteiger partial charge in [-0.15, -0.1) is 6.42 Å². The fourth-order valence-electron chi connectivity index (χ4n) is 3.54. The molecule has 199 valence electrons. The summed E-state index contributed by atoms with van der Waals surface area (Å²) in [4.78, 5) is 23.3. The summed E-state index contributed by atoms with van der Waals surface area (Å²) in [6, 6.07) is 9.09. The van der Waals surface area contributed by atoms with Crippen LogP contribution in [0.1, 0.15) is 29.5 Å². The first-order valence-corrected chi connectivity index (χ1v) is 13.3. The fraction of sp³-hybridized carbons (Fsp3) is 0.346. The lowest BCUT2D eigenvalue weighted by atomic mass is 10.0. The van der Waals surface area contributed by atoms with E-state index in [1.54, 1.807) is 18.2 Å². The first-order chi connectivity index (χ1) is 17.5. The molecule has 0 fully saturated rings. The minimum Gasteiger partial charge on any atom is -0.390 e. The number of rotatable bonds is 15. The van der Waals surface area contributed by atoms with E-state index in [-0.39, 0.29) is 37.1 Å². The van der Waals surface area contributed by atoms with Crippen molar-refractivity contribution in [2.75, 3.05) is 18.1 Å². The molecule has 37 heavy (non-hydrogen) atoms. The molecular weight excluding hydrogens is 504 g/mol. The van der Waals surface area contributed by atoms with Crippen molar-refractivity contribution in [1.29, 1.82) is 0 Å². The summed E-state index contributed by atoms with van der Waals surface area (Å²) in [7, 11) is -3.66. The molecule has 0 aromatic heterocycles. The van der Waals surface area contributed by atoms with Crippen molar-refractivity contribution in [3.63, 3.8) is 0 Å². The lowest BCUT2D eigenvalue weighted by Crippen LogP contribution is -2.49. The summed E-state index contributed by atoms with van der Waals surface area (Å²) < 4.78 is 51.6. The number of carbonyl (C=O) groups is 2. The van der Waals surface area contributed by atoms with Gasteiger partial charge in [0.05, 0.1) is 30.1 Å². The van der Waals surface area contributed by atoms with Gasteiger partial charge in [0, 0.05) is 31.1 Å². The number of carbonyl (C=O) groups excluding carboxylic acids is 2. The predicted octanol–water partition coefficient (Wildman–Crippen LogP) is 1.01. The van der Waals surface area contributed by atoms with Gasteiger partial charge in [-0.1, -0.05) is 18.1 Å². The number of aliphatic hydroxyl groups is 1. The predicted molar refractivity (Wildman–Crippen MR) is 135 cm³/mol. The van der Waals surface area contributed by atoms with Crippen molar-refractivity contribution in [2.24, 2.45) is 5.73 Å². The van der Waals surface area contributed by atoms with Crippen LogP contribution in [-0.2, 0) is 32.4 Å². The van der Waals surface area contributed by atoms with Crippen LogP contribution in [0.15, 0.2) is 42.5 Å². The monoisotopic (exact) mass is 534 g/mol. The molecule has 2 amide bonds. The second kappa shape index (κ2) is 14.4. The Morgan fingerprint density at radius 2 is 1.84 bits per heavy atom. The van der Waals surface area contributed by atoms with E-state index < -0.39 is 51.2 Å². The molecule has 0 aliphatic heterocycles. The normalized spacial score (nSPS) is 12.9. The fourth-order valence-corrected chi connectivity index (χ4v) is 4.69. The van der Waals surface area contributed by atoms with E-state index in [1.807, 2.05) is 6.07 Å². The van der Waals surface area contributed by atoms with E-state index in [4.69, 9.17) is 12.2 Å². The van der Waals surface area contributed by atoms with E-state index in [9.17, 15) is 31.9 Å². The molecule has 0 spiro atoms. The van der Waals surface area contributed by atoms with Gasteiger partial charge in [0.2, 0.25) is 11.8 Å². The number of terminal acetylenes is 1. The van der Waals surface area contributed by atoms with Gasteiger partial charge in [-0.05, 0) is 48.2 Å². The van der Waals surface area contributed by atoms with E-state index in [1.165, 1.54) is 0 Å². The Morgan fingerprint density at radius 3 is 2.49 bits per heavy atom. The van der Waals surface area contributed by atoms with Gasteiger partial charge in [-0.3, -0.25) is 9.59 Å². The SMILES string of the molecule is C#Cc1cccc(CNCC(O)C(Cc2cc(F)cc(F)c2)NC(=O)[CH]CS(=O)(=O)CCCC(N)=O)c1. The average molecular weight is 535 g/mol. The summed E-state index contributed by atoms with van der Waals surface area (Å²) in [6.45, 7) is 0.367. The zero-order valence-electron chi connectivity index (χ0n) is 20.1. The Morgan fingerprint density at radius 1 is 1.14 bits per heavy atom. The third-order valence-corrected chi connectivity index (χ3v) is 6.93. The van der Waals surface area contributed by atoms with Crippen LogP contribution in [0.2, 0.25) is 0 Å². The van der Waals surface area contributed by atoms with Crippen LogP contribution in [0.3, 0.4) is 0 Å². The van der Waals surface area contributed by atoms with Crippen molar-refractivity contribution in [1.82, 2.24) is 10.6 Å². The van der Waals surface area contributed by atoms with Crippen LogP contribution in [0.4, 0.5) is 8.78 Å². The topological polar surface area (TPSA) is 139 Å². The first-order valence-electron chi connectivity index (χ1n) is 11.5. The number of hydrogen-bond acceptors (Lipinski definition) is 6. The smallest absolute Gasteiger partial charge is 0.225 e. The number of sulfone groups is 1. The molecular formula is C26H30F2N3O5S. The van der Waals surface area contributed by atoms with Crippen molar-refractivity contribution in [3.8, 4) is 12.3 Å². The van der Waals surface area contributed by atoms with Gasteiger partial charge < -0.3 is 21.5 Å². The van der Waals surface area contributed by atoms with E-state index in [2.05, 4.69) is 16.6 Å². The molecule has 1 radical (unpaired) electrons. The van der Waals surface area contributed by atoms with Gasteiger partial charge in [-0.25, -0.2) is 17.2 Å². The van der Waals surface area contributed by atoms with Gasteiger partial charge in [0.1, 0.15) is 11.6 Å². The summed E-state index contributed by atoms with van der Waals surface area (Å²) in [5.74, 6) is -1.40. The van der Waals surface area contributed by atoms with Gasteiger partial charge in [0.25, 0.3) is 0 Å². The van der Waals surface area contributed by atoms with Crippen LogP contribution in [0.5, 0.6) is 0 Å². The highest BCUT2D eigenvalue weighted by molar-refractivity contribution is 7.91. The Hall–Kier alpha value is -3.33. The Labute approximate surface area is 215 Å². The Kier molecular flexibility index (Phi) is 11.7. The summed E-state index contributed by atoms with van der Waals surface area (Å²) in [5.41, 5.74) is 6.76. The number of nitrogens with two attached hydrogens (primary N) is 1. The largest absolute Gasteiger partial charge is 0.390 e. The molecule has 2 aromatic carbocycles. The maximum absolute atomic E-state index is 13.7. The van der Waals surface area contributed by atoms with Crippen molar-refractivity contribution < 1.29 is 31.9 Å². The third kappa shape index (κ3) is 11.5.